The Balaban J connectivity index is 1.67. The molecule has 162 valence electrons. The van der Waals surface area contributed by atoms with Gasteiger partial charge in [0.05, 0.1) is 11.3 Å². The molecule has 9 heteroatoms. The van der Waals surface area contributed by atoms with Gasteiger partial charge in [-0.2, -0.15) is 0 Å². The molecule has 0 saturated carbocycles. The molecule has 30 heavy (non-hydrogen) atoms. The van der Waals surface area contributed by atoms with Crippen LogP contribution < -0.4 is 21.7 Å². The van der Waals surface area contributed by atoms with Crippen LogP contribution in [-0.2, 0) is 9.59 Å². The fraction of sp³-hybridized carbons (Fsp3) is 0.524. The Morgan fingerprint density at radius 1 is 1.10 bits per heavy atom. The number of piperidine rings is 1. The van der Waals surface area contributed by atoms with E-state index in [1.807, 2.05) is 0 Å². The lowest BCUT2D eigenvalue weighted by atomic mass is 10.0. The van der Waals surface area contributed by atoms with Crippen LogP contribution in [-0.4, -0.2) is 53.8 Å². The number of benzene rings is 1. The molecular formula is C21H30N6O3. The summed E-state index contributed by atoms with van der Waals surface area (Å²) in [5.74, 6) is -0.625. The van der Waals surface area contributed by atoms with Crippen molar-refractivity contribution in [2.45, 2.75) is 57.0 Å². The first-order valence-corrected chi connectivity index (χ1v) is 10.5. The molecule has 6 N–H and O–H groups in total. The number of hydrogen-bond donors (Lipinski definition) is 5. The molecule has 1 unspecified atom stereocenters. The van der Waals surface area contributed by atoms with Gasteiger partial charge in [0.15, 0.2) is 5.96 Å². The van der Waals surface area contributed by atoms with Gasteiger partial charge < -0.3 is 26.6 Å². The number of rotatable bonds is 2. The number of hydrogen-bond acceptors (Lipinski definition) is 4. The van der Waals surface area contributed by atoms with Gasteiger partial charge in [-0.05, 0) is 37.8 Å². The SMILES string of the molecule is N=C(N)N1CCC(NC(=O)C2CCCCCC(=O)Nc3ccccc3C(=O)N2)CC1. The zero-order chi connectivity index (χ0) is 21.5. The molecule has 1 fully saturated rings. The summed E-state index contributed by atoms with van der Waals surface area (Å²) < 4.78 is 0. The topological polar surface area (TPSA) is 140 Å². The van der Waals surface area contributed by atoms with E-state index in [1.165, 1.54) is 0 Å². The summed E-state index contributed by atoms with van der Waals surface area (Å²) in [6.45, 7) is 1.26. The number of anilines is 1. The number of fused-ring (bicyclic) bond motifs is 1. The van der Waals surface area contributed by atoms with Crippen LogP contribution in [0.1, 0.15) is 55.3 Å². The number of likely N-dealkylation sites (tertiary alicyclic amines) is 1. The molecule has 3 amide bonds. The van der Waals surface area contributed by atoms with E-state index in [9.17, 15) is 14.4 Å². The van der Waals surface area contributed by atoms with Crippen molar-refractivity contribution in [1.82, 2.24) is 15.5 Å². The van der Waals surface area contributed by atoms with E-state index in [0.717, 1.165) is 19.3 Å². The molecule has 0 aromatic heterocycles. The molecule has 0 bridgehead atoms. The Bertz CT molecular complexity index is 804. The van der Waals surface area contributed by atoms with E-state index in [4.69, 9.17) is 11.1 Å². The van der Waals surface area contributed by atoms with Crippen molar-refractivity contribution < 1.29 is 14.4 Å². The van der Waals surface area contributed by atoms with Gasteiger partial charge in [0.25, 0.3) is 5.91 Å². The minimum absolute atomic E-state index is 0.00189. The third kappa shape index (κ3) is 5.71. The summed E-state index contributed by atoms with van der Waals surface area (Å²) in [4.78, 5) is 39.7. The fourth-order valence-corrected chi connectivity index (χ4v) is 3.88. The number of carbonyl (C=O) groups excluding carboxylic acids is 3. The Hall–Kier alpha value is -3.10. The largest absolute Gasteiger partial charge is 0.370 e. The maximum Gasteiger partial charge on any atom is 0.254 e. The molecule has 9 nitrogen and oxygen atoms in total. The van der Waals surface area contributed by atoms with Crippen LogP contribution in [0.2, 0.25) is 0 Å². The lowest BCUT2D eigenvalue weighted by molar-refractivity contribution is -0.124. The van der Waals surface area contributed by atoms with E-state index in [0.29, 0.717) is 50.0 Å². The summed E-state index contributed by atoms with van der Waals surface area (Å²) in [6, 6.07) is 6.19. The van der Waals surface area contributed by atoms with Crippen LogP contribution in [0, 0.1) is 5.41 Å². The third-order valence-electron chi connectivity index (χ3n) is 5.65. The first-order valence-electron chi connectivity index (χ1n) is 10.5. The van der Waals surface area contributed by atoms with Crippen molar-refractivity contribution >= 4 is 29.4 Å². The number of nitrogens with two attached hydrogens (primary N) is 1. The molecule has 1 saturated heterocycles. The van der Waals surface area contributed by atoms with Gasteiger partial charge in [0, 0.05) is 25.6 Å². The zero-order valence-electron chi connectivity index (χ0n) is 17.1. The average Bonchev–Trinajstić information content (AvgIpc) is 2.72. The first-order chi connectivity index (χ1) is 14.4. The highest BCUT2D eigenvalue weighted by Crippen LogP contribution is 2.18. The zero-order valence-corrected chi connectivity index (χ0v) is 17.1. The second kappa shape index (κ2) is 10.1. The van der Waals surface area contributed by atoms with E-state index < -0.39 is 6.04 Å². The molecule has 0 spiro atoms. The fourth-order valence-electron chi connectivity index (χ4n) is 3.88. The molecular weight excluding hydrogens is 384 g/mol. The summed E-state index contributed by atoms with van der Waals surface area (Å²) in [6.07, 6.45) is 4.62. The summed E-state index contributed by atoms with van der Waals surface area (Å²) in [7, 11) is 0. The van der Waals surface area contributed by atoms with Gasteiger partial charge in [-0.25, -0.2) is 0 Å². The van der Waals surface area contributed by atoms with Crippen molar-refractivity contribution in [2.75, 3.05) is 18.4 Å². The van der Waals surface area contributed by atoms with Gasteiger partial charge in [-0.15, -0.1) is 0 Å². The monoisotopic (exact) mass is 414 g/mol. The minimum Gasteiger partial charge on any atom is -0.370 e. The molecule has 0 aliphatic carbocycles. The predicted molar refractivity (Wildman–Crippen MR) is 114 cm³/mol. The lowest BCUT2D eigenvalue weighted by Gasteiger charge is -2.33. The molecule has 1 aromatic carbocycles. The van der Waals surface area contributed by atoms with Crippen LogP contribution in [0.4, 0.5) is 5.69 Å². The van der Waals surface area contributed by atoms with Crippen LogP contribution in [0.3, 0.4) is 0 Å². The predicted octanol–water partition coefficient (Wildman–Crippen LogP) is 1.16. The number of amides is 3. The number of para-hydroxylation sites is 1. The Kier molecular flexibility index (Phi) is 7.26. The molecule has 1 aromatic rings. The Morgan fingerprint density at radius 2 is 1.83 bits per heavy atom. The van der Waals surface area contributed by atoms with Gasteiger partial charge >= 0.3 is 0 Å². The van der Waals surface area contributed by atoms with Gasteiger partial charge in [-0.3, -0.25) is 19.8 Å². The normalized spacial score (nSPS) is 21.3. The number of carbonyl (C=O) groups is 3. The number of nitrogens with zero attached hydrogens (tertiary/aromatic N) is 1. The van der Waals surface area contributed by atoms with Gasteiger partial charge in [-0.1, -0.05) is 25.0 Å². The maximum atomic E-state index is 12.9. The second-order valence-corrected chi connectivity index (χ2v) is 7.87. The van der Waals surface area contributed by atoms with E-state index >= 15 is 0 Å². The van der Waals surface area contributed by atoms with Gasteiger partial charge in [0.2, 0.25) is 11.8 Å². The molecule has 2 heterocycles. The second-order valence-electron chi connectivity index (χ2n) is 7.87. The van der Waals surface area contributed by atoms with E-state index in [-0.39, 0.29) is 29.7 Å². The highest BCUT2D eigenvalue weighted by Gasteiger charge is 2.27. The molecule has 1 atom stereocenters. The van der Waals surface area contributed by atoms with Crippen molar-refractivity contribution in [3.8, 4) is 0 Å². The highest BCUT2D eigenvalue weighted by atomic mass is 16.2. The third-order valence-corrected chi connectivity index (χ3v) is 5.65. The van der Waals surface area contributed by atoms with E-state index in [1.54, 1.807) is 29.2 Å². The number of nitrogens with one attached hydrogen (secondary N) is 4. The molecule has 3 rings (SSSR count). The molecule has 2 aliphatic rings. The lowest BCUT2D eigenvalue weighted by Crippen LogP contribution is -2.53. The first kappa shape index (κ1) is 21.6. The molecule has 2 aliphatic heterocycles. The van der Waals surface area contributed by atoms with Crippen LogP contribution in [0.25, 0.3) is 0 Å². The quantitative estimate of drug-likeness (QED) is 0.365. The van der Waals surface area contributed by atoms with Crippen molar-refractivity contribution in [3.05, 3.63) is 29.8 Å². The van der Waals surface area contributed by atoms with Crippen molar-refractivity contribution in [2.24, 2.45) is 5.73 Å². The molecule has 0 radical (unpaired) electrons. The highest BCUT2D eigenvalue weighted by molar-refractivity contribution is 6.05. The Morgan fingerprint density at radius 3 is 2.57 bits per heavy atom. The van der Waals surface area contributed by atoms with Crippen molar-refractivity contribution in [3.63, 3.8) is 0 Å². The Labute approximate surface area is 176 Å². The minimum atomic E-state index is -0.633. The van der Waals surface area contributed by atoms with Gasteiger partial charge in [0.1, 0.15) is 6.04 Å². The average molecular weight is 415 g/mol. The summed E-state index contributed by atoms with van der Waals surface area (Å²) >= 11 is 0. The maximum absolute atomic E-state index is 12.9. The van der Waals surface area contributed by atoms with Crippen LogP contribution >= 0.6 is 0 Å². The standard InChI is InChI=1S/C21H30N6O3/c22-21(23)27-12-10-14(11-13-27)24-20(30)17-8-2-1-3-9-18(28)25-16-7-5-4-6-15(16)19(29)26-17/h4-7,14,17H,1-3,8-13H2,(H3,22,23)(H,24,30)(H,25,28)(H,26,29). The smallest absolute Gasteiger partial charge is 0.254 e. The summed E-state index contributed by atoms with van der Waals surface area (Å²) in [5.41, 5.74) is 6.33. The van der Waals surface area contributed by atoms with Crippen molar-refractivity contribution in [1.29, 1.82) is 5.41 Å². The summed E-state index contributed by atoms with van der Waals surface area (Å²) in [5, 5.41) is 16.2. The number of guanidine groups is 1. The van der Waals surface area contributed by atoms with Crippen LogP contribution in [0.5, 0.6) is 0 Å². The van der Waals surface area contributed by atoms with Crippen LogP contribution in [0.15, 0.2) is 24.3 Å². The van der Waals surface area contributed by atoms with E-state index in [2.05, 4.69) is 16.0 Å².